The fourth-order valence-corrected chi connectivity index (χ4v) is 4.05. The second-order valence-electron chi connectivity index (χ2n) is 7.58. The van der Waals surface area contributed by atoms with E-state index in [-0.39, 0.29) is 18.6 Å². The van der Waals surface area contributed by atoms with Crippen LogP contribution in [0.1, 0.15) is 47.2 Å². The van der Waals surface area contributed by atoms with Crippen molar-refractivity contribution in [3.8, 4) is 5.75 Å². The third-order valence-electron chi connectivity index (χ3n) is 5.58. The Kier molecular flexibility index (Phi) is 5.31. The fourth-order valence-electron chi connectivity index (χ4n) is 4.05. The topological polar surface area (TPSA) is 81.3 Å². The van der Waals surface area contributed by atoms with E-state index in [1.54, 1.807) is 24.7 Å². The molecule has 7 heteroatoms. The van der Waals surface area contributed by atoms with Crippen LogP contribution in [0.3, 0.4) is 0 Å². The Balaban J connectivity index is 1.31. The molecule has 1 fully saturated rings. The van der Waals surface area contributed by atoms with E-state index in [0.717, 1.165) is 41.5 Å². The van der Waals surface area contributed by atoms with Crippen LogP contribution in [0, 0.1) is 0 Å². The number of benzene rings is 1. The highest BCUT2D eigenvalue weighted by Crippen LogP contribution is 2.31. The van der Waals surface area contributed by atoms with E-state index in [2.05, 4.69) is 15.1 Å². The number of amides is 1. The van der Waals surface area contributed by atoms with Crippen LogP contribution in [0.25, 0.3) is 10.8 Å². The molecule has 1 aliphatic heterocycles. The molecule has 3 aromatic heterocycles. The van der Waals surface area contributed by atoms with Crippen LogP contribution in [0.5, 0.6) is 5.75 Å². The number of hydrogen-bond acceptors (Lipinski definition) is 6. The minimum atomic E-state index is -0.137. The summed E-state index contributed by atoms with van der Waals surface area (Å²) in [6.07, 6.45) is 8.23. The van der Waals surface area contributed by atoms with Crippen LogP contribution in [0.4, 0.5) is 0 Å². The molecule has 1 amide bonds. The predicted molar refractivity (Wildman–Crippen MR) is 114 cm³/mol. The Morgan fingerprint density at radius 3 is 3.00 bits per heavy atom. The van der Waals surface area contributed by atoms with Gasteiger partial charge in [0.15, 0.2) is 11.5 Å². The Bertz CT molecular complexity index is 1190. The van der Waals surface area contributed by atoms with Gasteiger partial charge in [0.05, 0.1) is 11.7 Å². The first kappa shape index (κ1) is 19.2. The minimum Gasteiger partial charge on any atom is -0.485 e. The van der Waals surface area contributed by atoms with E-state index in [9.17, 15) is 4.79 Å². The lowest BCUT2D eigenvalue weighted by atomic mass is 9.98. The molecule has 1 atom stereocenters. The molecule has 0 saturated carbocycles. The third-order valence-corrected chi connectivity index (χ3v) is 5.58. The van der Waals surface area contributed by atoms with Crippen LogP contribution < -0.4 is 4.74 Å². The zero-order valence-electron chi connectivity index (χ0n) is 17.0. The Morgan fingerprint density at radius 2 is 2.10 bits per heavy atom. The molecular formula is C24H22N4O3. The van der Waals surface area contributed by atoms with E-state index >= 15 is 0 Å². The summed E-state index contributed by atoms with van der Waals surface area (Å²) < 4.78 is 11.3. The van der Waals surface area contributed by atoms with Gasteiger partial charge in [-0.2, -0.15) is 0 Å². The molecule has 1 aliphatic rings. The number of hydrogen-bond donors (Lipinski definition) is 0. The molecule has 4 heterocycles. The lowest BCUT2D eigenvalue weighted by Crippen LogP contribution is -2.39. The number of pyridine rings is 2. The average Bonchev–Trinajstić information content (AvgIpc) is 3.32. The quantitative estimate of drug-likeness (QED) is 0.476. The Hall–Kier alpha value is -3.74. The van der Waals surface area contributed by atoms with Crippen molar-refractivity contribution in [1.29, 1.82) is 0 Å². The van der Waals surface area contributed by atoms with Gasteiger partial charge in [0.1, 0.15) is 12.4 Å². The van der Waals surface area contributed by atoms with Crippen LogP contribution in [-0.4, -0.2) is 32.5 Å². The highest BCUT2D eigenvalue weighted by Gasteiger charge is 2.31. The lowest BCUT2D eigenvalue weighted by Gasteiger charge is -2.34. The number of aromatic nitrogens is 3. The van der Waals surface area contributed by atoms with E-state index in [4.69, 9.17) is 9.26 Å². The maximum atomic E-state index is 13.2. The molecule has 4 aromatic rings. The predicted octanol–water partition coefficient (Wildman–Crippen LogP) is 4.56. The fraction of sp³-hybridized carbons (Fsp3) is 0.250. The Labute approximate surface area is 179 Å². The summed E-state index contributed by atoms with van der Waals surface area (Å²) in [4.78, 5) is 23.6. The monoisotopic (exact) mass is 414 g/mol. The van der Waals surface area contributed by atoms with Crippen molar-refractivity contribution < 1.29 is 14.1 Å². The molecule has 31 heavy (non-hydrogen) atoms. The van der Waals surface area contributed by atoms with Crippen LogP contribution in [0.2, 0.25) is 0 Å². The number of fused-ring (bicyclic) bond motifs is 1. The van der Waals surface area contributed by atoms with Crippen LogP contribution >= 0.6 is 0 Å². The van der Waals surface area contributed by atoms with Crippen molar-refractivity contribution in [2.75, 3.05) is 6.54 Å². The van der Waals surface area contributed by atoms with Gasteiger partial charge in [0.25, 0.3) is 5.91 Å². The number of ether oxygens (including phenoxy) is 1. The Morgan fingerprint density at radius 1 is 1.13 bits per heavy atom. The van der Waals surface area contributed by atoms with Crippen molar-refractivity contribution in [1.82, 2.24) is 20.0 Å². The molecule has 0 radical (unpaired) electrons. The summed E-state index contributed by atoms with van der Waals surface area (Å²) in [7, 11) is 0. The van der Waals surface area contributed by atoms with E-state index < -0.39 is 0 Å². The van der Waals surface area contributed by atoms with Gasteiger partial charge in [-0.05, 0) is 43.5 Å². The summed E-state index contributed by atoms with van der Waals surface area (Å²) >= 11 is 0. The first-order valence-corrected chi connectivity index (χ1v) is 10.4. The number of likely N-dealkylation sites (tertiary alicyclic amines) is 1. The van der Waals surface area contributed by atoms with Crippen molar-refractivity contribution in [3.63, 3.8) is 0 Å². The van der Waals surface area contributed by atoms with Gasteiger partial charge in [0.2, 0.25) is 0 Å². The van der Waals surface area contributed by atoms with E-state index in [0.29, 0.717) is 18.0 Å². The van der Waals surface area contributed by atoms with Gasteiger partial charge in [0, 0.05) is 42.0 Å². The normalized spacial score (nSPS) is 16.4. The van der Waals surface area contributed by atoms with Gasteiger partial charge in [-0.25, -0.2) is 0 Å². The SMILES string of the molecule is O=C(c1cc(COc2cccc3cnccc23)on1)N1CCCCC1c1ccccn1. The highest BCUT2D eigenvalue weighted by atomic mass is 16.5. The first-order chi connectivity index (χ1) is 15.3. The van der Waals surface area contributed by atoms with Crippen molar-refractivity contribution >= 4 is 16.7 Å². The van der Waals surface area contributed by atoms with Crippen molar-refractivity contribution in [2.45, 2.75) is 31.9 Å². The highest BCUT2D eigenvalue weighted by molar-refractivity contribution is 5.92. The zero-order chi connectivity index (χ0) is 21.0. The molecule has 1 saturated heterocycles. The lowest BCUT2D eigenvalue weighted by molar-refractivity contribution is 0.0595. The largest absolute Gasteiger partial charge is 0.485 e. The van der Waals surface area contributed by atoms with Crippen molar-refractivity contribution in [2.24, 2.45) is 0 Å². The number of piperidine rings is 1. The van der Waals surface area contributed by atoms with Gasteiger partial charge >= 0.3 is 0 Å². The average molecular weight is 414 g/mol. The van der Waals surface area contributed by atoms with E-state index in [1.165, 1.54) is 0 Å². The summed E-state index contributed by atoms with van der Waals surface area (Å²) in [6, 6.07) is 15.1. The number of rotatable bonds is 5. The smallest absolute Gasteiger partial charge is 0.276 e. The summed E-state index contributed by atoms with van der Waals surface area (Å²) in [5.41, 5.74) is 1.21. The minimum absolute atomic E-state index is 0.0388. The summed E-state index contributed by atoms with van der Waals surface area (Å²) in [6.45, 7) is 0.869. The van der Waals surface area contributed by atoms with Crippen LogP contribution in [0.15, 0.2) is 71.6 Å². The zero-order valence-corrected chi connectivity index (χ0v) is 17.0. The molecule has 1 aromatic carbocycles. The summed E-state index contributed by atoms with van der Waals surface area (Å²) in [5, 5.41) is 5.99. The first-order valence-electron chi connectivity index (χ1n) is 10.4. The van der Waals surface area contributed by atoms with E-state index in [1.807, 2.05) is 47.4 Å². The van der Waals surface area contributed by atoms with Crippen LogP contribution in [-0.2, 0) is 6.61 Å². The second-order valence-corrected chi connectivity index (χ2v) is 7.58. The second kappa shape index (κ2) is 8.55. The standard InChI is InChI=1S/C24H22N4O3/c29-24(28-13-4-2-8-22(28)20-7-1-3-11-26-20)21-14-18(31-27-21)16-30-23-9-5-6-17-15-25-12-10-19(17)23/h1,3,5-7,9-12,14-15,22H,2,4,8,13,16H2. The van der Waals surface area contributed by atoms with Crippen molar-refractivity contribution in [3.05, 3.63) is 84.3 Å². The molecule has 0 aliphatic carbocycles. The maximum absolute atomic E-state index is 13.2. The van der Waals surface area contributed by atoms with Gasteiger partial charge < -0.3 is 14.2 Å². The molecule has 5 rings (SSSR count). The molecule has 0 bridgehead atoms. The number of carbonyl (C=O) groups is 1. The third kappa shape index (κ3) is 3.99. The number of nitrogens with zero attached hydrogens (tertiary/aromatic N) is 4. The number of carbonyl (C=O) groups excluding carboxylic acids is 1. The molecule has 0 N–H and O–H groups in total. The van der Waals surface area contributed by atoms with Gasteiger partial charge in [-0.15, -0.1) is 0 Å². The summed E-state index contributed by atoms with van der Waals surface area (Å²) in [5.74, 6) is 1.10. The molecular weight excluding hydrogens is 392 g/mol. The molecule has 7 nitrogen and oxygen atoms in total. The van der Waals surface area contributed by atoms with Gasteiger partial charge in [-0.3, -0.25) is 14.8 Å². The molecule has 1 unspecified atom stereocenters. The molecule has 0 spiro atoms. The van der Waals surface area contributed by atoms with Gasteiger partial charge in [-0.1, -0.05) is 23.4 Å². The molecule has 156 valence electrons. The maximum Gasteiger partial charge on any atom is 0.276 e.